The van der Waals surface area contributed by atoms with Crippen molar-refractivity contribution in [2.24, 2.45) is 4.99 Å². The van der Waals surface area contributed by atoms with Crippen LogP contribution in [-0.2, 0) is 0 Å². The van der Waals surface area contributed by atoms with Crippen LogP contribution in [0.4, 0.5) is 17.1 Å². The number of aromatic nitrogens is 2. The topological polar surface area (TPSA) is 111 Å². The van der Waals surface area contributed by atoms with Crippen LogP contribution in [0, 0.1) is 6.92 Å². The van der Waals surface area contributed by atoms with Crippen molar-refractivity contribution >= 4 is 62.7 Å². The Hall–Kier alpha value is -3.17. The Labute approximate surface area is 186 Å². The minimum absolute atomic E-state index is 0.0199. The maximum Gasteiger partial charge on any atom is 0.276 e. The van der Waals surface area contributed by atoms with Gasteiger partial charge < -0.3 is 20.9 Å². The Morgan fingerprint density at radius 2 is 2.03 bits per heavy atom. The molecule has 0 saturated carbocycles. The fourth-order valence-electron chi connectivity index (χ4n) is 2.65. The van der Waals surface area contributed by atoms with E-state index in [1.165, 1.54) is 12.7 Å². The highest BCUT2D eigenvalue weighted by atomic mass is 79.9. The third-order valence-corrected chi connectivity index (χ3v) is 4.98. The number of aliphatic imine (C=N–C) groups is 1. The van der Waals surface area contributed by atoms with Crippen molar-refractivity contribution < 1.29 is 9.59 Å². The molecular weight excluding hydrogens is 472 g/mol. The number of nitrogens with zero attached hydrogens (tertiary/aromatic N) is 2. The number of carbonyl (C=O) groups is 2. The molecule has 30 heavy (non-hydrogen) atoms. The lowest BCUT2D eigenvalue weighted by atomic mass is 10.2. The van der Waals surface area contributed by atoms with Gasteiger partial charge in [-0.05, 0) is 36.8 Å². The molecule has 0 aliphatic rings. The predicted octanol–water partition coefficient (Wildman–Crippen LogP) is 4.52. The second-order valence-electron chi connectivity index (χ2n) is 6.16. The summed E-state index contributed by atoms with van der Waals surface area (Å²) in [7, 11) is 1.72. The minimum Gasteiger partial charge on any atom is -0.385 e. The molecule has 0 saturated heterocycles. The molecule has 0 bridgehead atoms. The molecule has 10 heteroatoms. The third kappa shape index (κ3) is 4.87. The van der Waals surface area contributed by atoms with Gasteiger partial charge in [-0.15, -0.1) is 0 Å². The SMILES string of the molecule is CNc1c(Cl)cccc1N=CNC(=O)c1[nH]cnc1C(=O)Nc1cc(Br)ccc1C. The van der Waals surface area contributed by atoms with Gasteiger partial charge in [0, 0.05) is 17.2 Å². The first-order valence-electron chi connectivity index (χ1n) is 8.81. The first-order chi connectivity index (χ1) is 14.4. The van der Waals surface area contributed by atoms with Gasteiger partial charge in [0.25, 0.3) is 11.8 Å². The number of aryl methyl sites for hydroxylation is 1. The zero-order chi connectivity index (χ0) is 21.7. The molecule has 3 aromatic rings. The number of rotatable bonds is 6. The molecule has 154 valence electrons. The lowest BCUT2D eigenvalue weighted by Gasteiger charge is -2.08. The summed E-state index contributed by atoms with van der Waals surface area (Å²) in [5.41, 5.74) is 2.67. The molecule has 0 aliphatic carbocycles. The van der Waals surface area contributed by atoms with Gasteiger partial charge in [0.2, 0.25) is 0 Å². The summed E-state index contributed by atoms with van der Waals surface area (Å²) in [6, 6.07) is 10.7. The average molecular weight is 490 g/mol. The molecule has 2 amide bonds. The molecule has 2 aromatic carbocycles. The number of anilines is 2. The highest BCUT2D eigenvalue weighted by Gasteiger charge is 2.20. The second kappa shape index (κ2) is 9.55. The number of aromatic amines is 1. The number of hydrogen-bond donors (Lipinski definition) is 4. The van der Waals surface area contributed by atoms with E-state index in [0.29, 0.717) is 22.1 Å². The first kappa shape index (κ1) is 21.5. The summed E-state index contributed by atoms with van der Waals surface area (Å²) in [4.78, 5) is 36.0. The fraction of sp³-hybridized carbons (Fsp3) is 0.100. The summed E-state index contributed by atoms with van der Waals surface area (Å²) in [5.74, 6) is -1.06. The lowest BCUT2D eigenvalue weighted by Crippen LogP contribution is -2.25. The van der Waals surface area contributed by atoms with E-state index in [2.05, 4.69) is 46.8 Å². The molecule has 4 N–H and O–H groups in total. The van der Waals surface area contributed by atoms with Gasteiger partial charge in [-0.1, -0.05) is 39.7 Å². The summed E-state index contributed by atoms with van der Waals surface area (Å²) in [6.45, 7) is 1.87. The Morgan fingerprint density at radius 1 is 1.23 bits per heavy atom. The van der Waals surface area contributed by atoms with E-state index in [1.54, 1.807) is 31.3 Å². The Morgan fingerprint density at radius 3 is 2.80 bits per heavy atom. The average Bonchev–Trinajstić information content (AvgIpc) is 3.21. The van der Waals surface area contributed by atoms with E-state index < -0.39 is 11.8 Å². The summed E-state index contributed by atoms with van der Waals surface area (Å²) >= 11 is 9.48. The van der Waals surface area contributed by atoms with Crippen LogP contribution in [0.5, 0.6) is 0 Å². The Balaban J connectivity index is 1.73. The van der Waals surface area contributed by atoms with Crippen LogP contribution in [0.1, 0.15) is 26.5 Å². The number of benzene rings is 2. The zero-order valence-electron chi connectivity index (χ0n) is 16.1. The van der Waals surface area contributed by atoms with Gasteiger partial charge >= 0.3 is 0 Å². The van der Waals surface area contributed by atoms with Crippen molar-refractivity contribution in [3.05, 3.63) is 69.2 Å². The highest BCUT2D eigenvalue weighted by Crippen LogP contribution is 2.31. The fourth-order valence-corrected chi connectivity index (χ4v) is 3.28. The zero-order valence-corrected chi connectivity index (χ0v) is 18.4. The third-order valence-electron chi connectivity index (χ3n) is 4.17. The molecule has 0 atom stereocenters. The monoisotopic (exact) mass is 488 g/mol. The van der Waals surface area contributed by atoms with Crippen molar-refractivity contribution in [3.63, 3.8) is 0 Å². The number of imidazole rings is 1. The number of H-pyrrole nitrogens is 1. The number of hydrogen-bond acceptors (Lipinski definition) is 5. The van der Waals surface area contributed by atoms with Crippen LogP contribution < -0.4 is 16.0 Å². The molecule has 8 nitrogen and oxygen atoms in total. The molecule has 0 unspecified atom stereocenters. The molecule has 0 fully saturated rings. The minimum atomic E-state index is -0.555. The highest BCUT2D eigenvalue weighted by molar-refractivity contribution is 9.10. The van der Waals surface area contributed by atoms with Crippen molar-refractivity contribution in [1.82, 2.24) is 15.3 Å². The largest absolute Gasteiger partial charge is 0.385 e. The van der Waals surface area contributed by atoms with Crippen LogP contribution in [0.15, 0.2) is 52.2 Å². The van der Waals surface area contributed by atoms with Crippen molar-refractivity contribution in [2.75, 3.05) is 17.7 Å². The maximum atomic E-state index is 12.6. The summed E-state index contributed by atoms with van der Waals surface area (Å²) in [6.07, 6.45) is 2.51. The van der Waals surface area contributed by atoms with Crippen LogP contribution in [0.2, 0.25) is 5.02 Å². The predicted molar refractivity (Wildman–Crippen MR) is 122 cm³/mol. The molecule has 1 aromatic heterocycles. The van der Waals surface area contributed by atoms with E-state index in [0.717, 1.165) is 10.0 Å². The van der Waals surface area contributed by atoms with Gasteiger partial charge in [-0.2, -0.15) is 0 Å². The van der Waals surface area contributed by atoms with Crippen LogP contribution in [0.25, 0.3) is 0 Å². The normalized spacial score (nSPS) is 10.8. The van der Waals surface area contributed by atoms with Crippen LogP contribution in [-0.4, -0.2) is 35.2 Å². The maximum absolute atomic E-state index is 12.6. The van der Waals surface area contributed by atoms with E-state index in [4.69, 9.17) is 11.6 Å². The molecule has 0 aliphatic heterocycles. The van der Waals surface area contributed by atoms with Gasteiger partial charge in [0.05, 0.1) is 29.1 Å². The number of para-hydroxylation sites is 1. The van der Waals surface area contributed by atoms with Crippen molar-refractivity contribution in [3.8, 4) is 0 Å². The smallest absolute Gasteiger partial charge is 0.276 e. The van der Waals surface area contributed by atoms with Gasteiger partial charge in [-0.25, -0.2) is 9.98 Å². The first-order valence-corrected chi connectivity index (χ1v) is 9.98. The molecule has 0 spiro atoms. The van der Waals surface area contributed by atoms with Crippen LogP contribution >= 0.6 is 27.5 Å². The number of carbonyl (C=O) groups excluding carboxylic acids is 2. The summed E-state index contributed by atoms with van der Waals surface area (Å²) < 4.78 is 0.821. The van der Waals surface area contributed by atoms with E-state index >= 15 is 0 Å². The van der Waals surface area contributed by atoms with Gasteiger partial charge in [0.15, 0.2) is 5.69 Å². The number of halogens is 2. The van der Waals surface area contributed by atoms with E-state index in [1.807, 2.05) is 19.1 Å². The quantitative estimate of drug-likeness (QED) is 0.301. The molecule has 3 rings (SSSR count). The van der Waals surface area contributed by atoms with Gasteiger partial charge in [0.1, 0.15) is 5.69 Å². The molecule has 0 radical (unpaired) electrons. The number of nitrogens with one attached hydrogen (secondary N) is 4. The second-order valence-corrected chi connectivity index (χ2v) is 7.48. The van der Waals surface area contributed by atoms with E-state index in [9.17, 15) is 9.59 Å². The van der Waals surface area contributed by atoms with Gasteiger partial charge in [-0.3, -0.25) is 9.59 Å². The van der Waals surface area contributed by atoms with Crippen molar-refractivity contribution in [1.29, 1.82) is 0 Å². The van der Waals surface area contributed by atoms with Crippen LogP contribution in [0.3, 0.4) is 0 Å². The standard InChI is InChI=1S/C20H18BrClN6O2/c1-11-6-7-12(21)8-15(11)28-20(30)18-17(25-10-26-18)19(29)27-9-24-14-5-3-4-13(22)16(14)23-2/h3-10,23H,1-2H3,(H,25,26)(H,28,30)(H,24,27,29). The Bertz CT molecular complexity index is 1130. The lowest BCUT2D eigenvalue weighted by molar-refractivity contribution is 0.0956. The summed E-state index contributed by atoms with van der Waals surface area (Å²) in [5, 5.41) is 8.75. The molecular formula is C20H18BrClN6O2. The molecule has 1 heterocycles. The number of amides is 2. The van der Waals surface area contributed by atoms with Crippen molar-refractivity contribution in [2.45, 2.75) is 6.92 Å². The Kier molecular flexibility index (Phi) is 6.86. The van der Waals surface area contributed by atoms with E-state index in [-0.39, 0.29) is 11.4 Å².